The van der Waals surface area contributed by atoms with E-state index in [9.17, 15) is 4.79 Å². The van der Waals surface area contributed by atoms with Gasteiger partial charge in [-0.25, -0.2) is 4.98 Å². The molecule has 0 bridgehead atoms. The number of allylic oxidation sites excluding steroid dienone is 3. The van der Waals surface area contributed by atoms with E-state index in [4.69, 9.17) is 40.8 Å². The Kier molecular flexibility index (Phi) is 11.4. The lowest BCUT2D eigenvalue weighted by molar-refractivity contribution is -0.128. The van der Waals surface area contributed by atoms with Crippen molar-refractivity contribution in [2.24, 2.45) is 0 Å². The van der Waals surface area contributed by atoms with Gasteiger partial charge in [0, 0.05) is 70.0 Å². The lowest BCUT2D eigenvalue weighted by Crippen LogP contribution is -2.34. The molecule has 2 aliphatic rings. The first kappa shape index (κ1) is 31.8. The number of benzene rings is 1. The van der Waals surface area contributed by atoms with Gasteiger partial charge in [-0.2, -0.15) is 9.97 Å². The molecule has 1 fully saturated rings. The molecule has 0 saturated carbocycles. The summed E-state index contributed by atoms with van der Waals surface area (Å²) in [6.07, 6.45) is 9.69. The molecular formula is C31H40ClN7O4. The number of aromatic amines is 1. The monoisotopic (exact) mass is 609 g/mol. The van der Waals surface area contributed by atoms with Gasteiger partial charge < -0.3 is 34.3 Å². The van der Waals surface area contributed by atoms with E-state index < -0.39 is 0 Å². The van der Waals surface area contributed by atoms with E-state index in [0.29, 0.717) is 73.5 Å². The summed E-state index contributed by atoms with van der Waals surface area (Å²) in [5.74, 6) is 3.29. The molecule has 230 valence electrons. The van der Waals surface area contributed by atoms with Crippen LogP contribution in [-0.4, -0.2) is 71.1 Å². The zero-order chi connectivity index (χ0) is 30.8. The van der Waals surface area contributed by atoms with Gasteiger partial charge in [-0.1, -0.05) is 43.7 Å². The lowest BCUT2D eigenvalue weighted by Gasteiger charge is -2.22. The van der Waals surface area contributed by atoms with Gasteiger partial charge in [0.05, 0.1) is 31.0 Å². The van der Waals surface area contributed by atoms with Gasteiger partial charge in [0.25, 0.3) is 0 Å². The molecule has 1 saturated heterocycles. The van der Waals surface area contributed by atoms with Crippen molar-refractivity contribution in [1.82, 2.24) is 24.8 Å². The molecule has 0 radical (unpaired) electrons. The van der Waals surface area contributed by atoms with E-state index in [2.05, 4.69) is 21.3 Å². The van der Waals surface area contributed by atoms with Crippen LogP contribution in [0.3, 0.4) is 0 Å². The maximum absolute atomic E-state index is 12.0. The normalized spacial score (nSPS) is 14.3. The molecule has 1 aliphatic heterocycles. The Morgan fingerprint density at radius 1 is 1.05 bits per heavy atom. The number of hydrogen-bond donors (Lipinski definition) is 2. The highest BCUT2D eigenvalue weighted by molar-refractivity contribution is 6.32. The van der Waals surface area contributed by atoms with Crippen molar-refractivity contribution in [2.75, 3.05) is 50.6 Å². The van der Waals surface area contributed by atoms with E-state index >= 15 is 0 Å². The molecule has 0 spiro atoms. The number of nitrogens with one attached hydrogen (secondary N) is 2. The number of methoxy groups -OCH3 is 2. The van der Waals surface area contributed by atoms with Crippen molar-refractivity contribution in [3.63, 3.8) is 0 Å². The summed E-state index contributed by atoms with van der Waals surface area (Å²) in [7, 11) is 3.19. The topological polar surface area (TPSA) is 118 Å². The van der Waals surface area contributed by atoms with E-state index in [1.807, 2.05) is 37.0 Å². The molecule has 3 heterocycles. The third kappa shape index (κ3) is 8.26. The van der Waals surface area contributed by atoms with Gasteiger partial charge in [-0.3, -0.25) is 4.79 Å². The van der Waals surface area contributed by atoms with Crippen LogP contribution >= 0.6 is 11.6 Å². The number of carbonyl (C=O) groups excluding carboxylic acids is 1. The number of amides is 1. The Morgan fingerprint density at radius 3 is 2.65 bits per heavy atom. The van der Waals surface area contributed by atoms with Crippen LogP contribution in [0.4, 0.5) is 11.8 Å². The summed E-state index contributed by atoms with van der Waals surface area (Å²) in [6.45, 7) is 8.96. The van der Waals surface area contributed by atoms with Crippen molar-refractivity contribution >= 4 is 35.4 Å². The molecule has 0 atom stereocenters. The van der Waals surface area contributed by atoms with Gasteiger partial charge >= 0.3 is 0 Å². The van der Waals surface area contributed by atoms with Gasteiger partial charge in [0.1, 0.15) is 23.1 Å². The summed E-state index contributed by atoms with van der Waals surface area (Å²) in [4.78, 5) is 33.5. The molecule has 5 rings (SSSR count). The highest BCUT2D eigenvalue weighted by Gasteiger charge is 2.21. The Balaban J connectivity index is 0.00000207. The zero-order valence-corrected chi connectivity index (χ0v) is 26.2. The second-order valence-corrected chi connectivity index (χ2v) is 10.2. The minimum absolute atomic E-state index is 0.0652. The molecular weight excluding hydrogens is 570 g/mol. The fourth-order valence-corrected chi connectivity index (χ4v) is 4.99. The second-order valence-electron chi connectivity index (χ2n) is 9.76. The van der Waals surface area contributed by atoms with Gasteiger partial charge in [-0.05, 0) is 18.6 Å². The standard InChI is InChI=1S/C29H34ClN7O4.C2H6/c1-19(38)36-10-7-11-37(13-12-36)29-34-26(31-17-27-32-22-8-5-4-6-9-23(22)33-27)16-28(35-29)41-25-14-20(18-39-2)24(40-3)15-21(25)30;1-2/h4-6,8,14-16H,7,9-13,17-18H2,1-3H3,(H,32,33)(H,31,34,35);1-2H3. The minimum atomic E-state index is 0.0652. The third-order valence-corrected chi connectivity index (χ3v) is 7.18. The van der Waals surface area contributed by atoms with Crippen molar-refractivity contribution in [1.29, 1.82) is 0 Å². The van der Waals surface area contributed by atoms with E-state index in [1.54, 1.807) is 39.3 Å². The zero-order valence-electron chi connectivity index (χ0n) is 25.4. The first-order chi connectivity index (χ1) is 20.9. The maximum atomic E-state index is 12.0. The molecule has 2 aromatic heterocycles. The quantitative estimate of drug-likeness (QED) is 0.318. The van der Waals surface area contributed by atoms with E-state index in [1.165, 1.54) is 0 Å². The summed E-state index contributed by atoms with van der Waals surface area (Å²) >= 11 is 6.55. The van der Waals surface area contributed by atoms with E-state index in [-0.39, 0.29) is 5.91 Å². The molecule has 0 unspecified atom stereocenters. The second kappa shape index (κ2) is 15.4. The molecule has 43 heavy (non-hydrogen) atoms. The molecule has 1 amide bonds. The first-order valence-corrected chi connectivity index (χ1v) is 14.9. The number of ether oxygens (including phenoxy) is 3. The van der Waals surface area contributed by atoms with Gasteiger partial charge in [0.2, 0.25) is 17.7 Å². The van der Waals surface area contributed by atoms with Crippen LogP contribution in [0, 0.1) is 0 Å². The van der Waals surface area contributed by atoms with Crippen molar-refractivity contribution in [3.05, 3.63) is 64.2 Å². The highest BCUT2D eigenvalue weighted by Crippen LogP contribution is 2.36. The molecule has 1 aromatic carbocycles. The van der Waals surface area contributed by atoms with Crippen molar-refractivity contribution < 1.29 is 19.0 Å². The van der Waals surface area contributed by atoms with Crippen LogP contribution in [-0.2, 0) is 29.1 Å². The summed E-state index contributed by atoms with van der Waals surface area (Å²) in [5.41, 5.74) is 2.79. The summed E-state index contributed by atoms with van der Waals surface area (Å²) in [5, 5.41) is 3.74. The lowest BCUT2D eigenvalue weighted by atomic mass is 10.2. The minimum Gasteiger partial charge on any atom is -0.496 e. The van der Waals surface area contributed by atoms with Gasteiger partial charge in [-0.15, -0.1) is 0 Å². The van der Waals surface area contributed by atoms with Crippen molar-refractivity contribution in [3.8, 4) is 17.4 Å². The van der Waals surface area contributed by atoms with Crippen molar-refractivity contribution in [2.45, 2.75) is 46.8 Å². The number of carbonyl (C=O) groups is 1. The molecule has 11 nitrogen and oxygen atoms in total. The average Bonchev–Trinajstić information content (AvgIpc) is 3.15. The highest BCUT2D eigenvalue weighted by atomic mass is 35.5. The Morgan fingerprint density at radius 2 is 1.88 bits per heavy atom. The average molecular weight is 610 g/mol. The number of aromatic nitrogens is 4. The largest absolute Gasteiger partial charge is 0.496 e. The number of hydrogen-bond acceptors (Lipinski definition) is 9. The van der Waals surface area contributed by atoms with Gasteiger partial charge in [0.15, 0.2) is 0 Å². The van der Waals surface area contributed by atoms with Crippen LogP contribution in [0.5, 0.6) is 17.4 Å². The number of rotatable bonds is 9. The van der Waals surface area contributed by atoms with Crippen LogP contribution < -0.4 is 19.7 Å². The SMILES string of the molecule is CC.COCc1cc(Oc2cc(NCc3nc4c([nH]3)CC=CC=C4)nc(N3CCCN(C(C)=O)CC3)n2)c(Cl)cc1OC. The Labute approximate surface area is 257 Å². The Hall–Kier alpha value is -4.09. The first-order valence-electron chi connectivity index (χ1n) is 14.5. The number of halogens is 1. The number of nitrogens with zero attached hydrogens (tertiary/aromatic N) is 5. The van der Waals surface area contributed by atoms with Crippen LogP contribution in [0.2, 0.25) is 5.02 Å². The predicted octanol–water partition coefficient (Wildman–Crippen LogP) is 5.62. The number of imidazole rings is 1. The van der Waals surface area contributed by atoms with Crippen LogP contribution in [0.25, 0.3) is 6.08 Å². The predicted molar refractivity (Wildman–Crippen MR) is 169 cm³/mol. The molecule has 3 aromatic rings. The molecule has 12 heteroatoms. The fraction of sp³-hybridized carbons (Fsp3) is 0.419. The summed E-state index contributed by atoms with van der Waals surface area (Å²) < 4.78 is 17.0. The Bertz CT molecular complexity index is 1460. The van der Waals surface area contributed by atoms with Crippen LogP contribution in [0.1, 0.15) is 50.0 Å². The smallest absolute Gasteiger partial charge is 0.230 e. The molecule has 2 N–H and O–H groups in total. The van der Waals surface area contributed by atoms with E-state index in [0.717, 1.165) is 35.6 Å². The summed E-state index contributed by atoms with van der Waals surface area (Å²) in [6, 6.07) is 5.21. The maximum Gasteiger partial charge on any atom is 0.230 e. The number of H-pyrrole nitrogens is 1. The van der Waals surface area contributed by atoms with Crippen LogP contribution in [0.15, 0.2) is 36.4 Å². The number of anilines is 2. The third-order valence-electron chi connectivity index (χ3n) is 6.88. The fourth-order valence-electron chi connectivity index (χ4n) is 4.80. The molecule has 1 aliphatic carbocycles. The number of fused-ring (bicyclic) bond motifs is 1.